The van der Waals surface area contributed by atoms with Gasteiger partial charge in [-0.2, -0.15) is 0 Å². The Balaban J connectivity index is 1.49. The molecule has 2 aliphatic heterocycles. The molecule has 0 bridgehead atoms. The van der Waals surface area contributed by atoms with Crippen LogP contribution in [-0.4, -0.2) is 57.9 Å². The van der Waals surface area contributed by atoms with Crippen LogP contribution in [0.4, 0.5) is 0 Å². The Morgan fingerprint density at radius 3 is 2.88 bits per heavy atom. The summed E-state index contributed by atoms with van der Waals surface area (Å²) in [4.78, 5) is 32.7. The van der Waals surface area contributed by atoms with Gasteiger partial charge in [0, 0.05) is 38.5 Å². The monoisotopic (exact) mass is 347 g/mol. The maximum absolute atomic E-state index is 12.5. The van der Waals surface area contributed by atoms with Gasteiger partial charge in [0.05, 0.1) is 18.2 Å². The molecule has 0 unspecified atom stereocenters. The highest BCUT2D eigenvalue weighted by atomic mass is 16.4. The number of carbonyl (C=O) groups is 2. The first kappa shape index (κ1) is 16.6. The third-order valence-corrected chi connectivity index (χ3v) is 6.06. The maximum Gasteiger partial charge on any atom is 0.311 e. The second kappa shape index (κ2) is 6.44. The van der Waals surface area contributed by atoms with Crippen molar-refractivity contribution in [2.45, 2.75) is 38.6 Å². The zero-order chi connectivity index (χ0) is 17.4. The summed E-state index contributed by atoms with van der Waals surface area (Å²) >= 11 is 0. The Morgan fingerprint density at radius 1 is 1.36 bits per heavy atom. The van der Waals surface area contributed by atoms with Gasteiger partial charge >= 0.3 is 5.97 Å². The first-order valence-corrected chi connectivity index (χ1v) is 9.18. The summed E-state index contributed by atoms with van der Waals surface area (Å²) in [6.45, 7) is 3.02. The number of hydrogen-bond acceptors (Lipinski definition) is 5. The van der Waals surface area contributed by atoms with E-state index in [-0.39, 0.29) is 11.8 Å². The average molecular weight is 347 g/mol. The molecule has 1 amide bonds. The third-order valence-electron chi connectivity index (χ3n) is 6.06. The summed E-state index contributed by atoms with van der Waals surface area (Å²) in [6, 6.07) is 0. The highest BCUT2D eigenvalue weighted by Gasteiger charge is 2.53. The molecular weight excluding hydrogens is 322 g/mol. The minimum Gasteiger partial charge on any atom is -0.481 e. The van der Waals surface area contributed by atoms with Crippen LogP contribution in [-0.2, 0) is 16.1 Å². The third kappa shape index (κ3) is 3.29. The number of carboxylic acids is 1. The van der Waals surface area contributed by atoms with Crippen LogP contribution in [0, 0.1) is 17.3 Å². The van der Waals surface area contributed by atoms with Gasteiger partial charge in [-0.1, -0.05) is 0 Å². The Labute approximate surface area is 147 Å². The molecule has 1 saturated carbocycles. The molecule has 1 aromatic rings. The van der Waals surface area contributed by atoms with Gasteiger partial charge in [-0.3, -0.25) is 14.5 Å². The second-order valence-corrected chi connectivity index (χ2v) is 7.89. The number of hydrogen-bond donors (Lipinski definition) is 1. The van der Waals surface area contributed by atoms with Crippen molar-refractivity contribution in [3.63, 3.8) is 0 Å². The van der Waals surface area contributed by atoms with E-state index in [4.69, 9.17) is 4.42 Å². The van der Waals surface area contributed by atoms with Crippen molar-refractivity contribution in [2.75, 3.05) is 26.2 Å². The fraction of sp³-hybridized carbons (Fsp3) is 0.722. The van der Waals surface area contributed by atoms with Crippen LogP contribution in [0.15, 0.2) is 17.0 Å². The molecule has 3 aliphatic rings. The van der Waals surface area contributed by atoms with Gasteiger partial charge in [-0.25, -0.2) is 4.98 Å². The molecule has 0 spiro atoms. The highest BCUT2D eigenvalue weighted by molar-refractivity contribution is 5.78. The average Bonchev–Trinajstić information content (AvgIpc) is 3.17. The molecule has 3 heterocycles. The van der Waals surface area contributed by atoms with Crippen molar-refractivity contribution in [1.29, 1.82) is 0 Å². The van der Waals surface area contributed by atoms with Gasteiger partial charge in [0.15, 0.2) is 6.39 Å². The Morgan fingerprint density at radius 2 is 2.20 bits per heavy atom. The van der Waals surface area contributed by atoms with E-state index in [9.17, 15) is 14.7 Å². The van der Waals surface area contributed by atoms with Crippen molar-refractivity contribution < 1.29 is 19.1 Å². The standard InChI is InChI=1S/C18H25N3O4/c22-16(6-13-2-3-13)21-5-1-4-18(17(23)24)11-20(8-14(18)9-21)10-15-7-19-12-25-15/h7,12-14H,1-6,8-11H2,(H,23,24)/t14-,18+/m1/s1. The molecule has 2 saturated heterocycles. The number of amides is 1. The summed E-state index contributed by atoms with van der Waals surface area (Å²) in [5, 5.41) is 9.98. The maximum atomic E-state index is 12.5. The second-order valence-electron chi connectivity index (χ2n) is 7.89. The fourth-order valence-electron chi connectivity index (χ4n) is 4.47. The molecule has 1 aliphatic carbocycles. The Hall–Kier alpha value is -1.89. The normalized spacial score (nSPS) is 30.1. The molecule has 25 heavy (non-hydrogen) atoms. The Bertz CT molecular complexity index is 643. The smallest absolute Gasteiger partial charge is 0.311 e. The molecule has 0 radical (unpaired) electrons. The topological polar surface area (TPSA) is 86.9 Å². The molecule has 1 aromatic heterocycles. The number of likely N-dealkylation sites (tertiary alicyclic amines) is 2. The van der Waals surface area contributed by atoms with E-state index in [1.54, 1.807) is 6.20 Å². The number of carbonyl (C=O) groups excluding carboxylic acids is 1. The van der Waals surface area contributed by atoms with E-state index in [0.29, 0.717) is 51.5 Å². The predicted octanol–water partition coefficient (Wildman–Crippen LogP) is 1.60. The fourth-order valence-corrected chi connectivity index (χ4v) is 4.47. The van der Waals surface area contributed by atoms with Crippen molar-refractivity contribution in [1.82, 2.24) is 14.8 Å². The molecule has 3 fully saturated rings. The molecule has 1 N–H and O–H groups in total. The van der Waals surface area contributed by atoms with Gasteiger partial charge < -0.3 is 14.4 Å². The first-order chi connectivity index (χ1) is 12.1. The minimum atomic E-state index is -0.755. The van der Waals surface area contributed by atoms with Crippen LogP contribution in [0.3, 0.4) is 0 Å². The number of nitrogens with zero attached hydrogens (tertiary/aromatic N) is 3. The number of fused-ring (bicyclic) bond motifs is 1. The van der Waals surface area contributed by atoms with Crippen molar-refractivity contribution >= 4 is 11.9 Å². The van der Waals surface area contributed by atoms with Gasteiger partial charge in [-0.15, -0.1) is 0 Å². The number of carboxylic acid groups (broad SMARTS) is 1. The van der Waals surface area contributed by atoms with Crippen LogP contribution in [0.1, 0.15) is 37.9 Å². The number of oxazole rings is 1. The van der Waals surface area contributed by atoms with Crippen LogP contribution >= 0.6 is 0 Å². The summed E-state index contributed by atoms with van der Waals surface area (Å²) < 4.78 is 5.31. The summed E-state index contributed by atoms with van der Waals surface area (Å²) in [5.74, 6) is 0.759. The Kier molecular flexibility index (Phi) is 4.27. The quantitative estimate of drug-likeness (QED) is 0.871. The largest absolute Gasteiger partial charge is 0.481 e. The lowest BCUT2D eigenvalue weighted by Crippen LogP contribution is -2.42. The minimum absolute atomic E-state index is 0.0291. The molecule has 136 valence electrons. The molecular formula is C18H25N3O4. The van der Waals surface area contributed by atoms with Crippen LogP contribution in [0.2, 0.25) is 0 Å². The van der Waals surface area contributed by atoms with E-state index in [0.717, 1.165) is 25.0 Å². The van der Waals surface area contributed by atoms with E-state index in [1.165, 1.54) is 6.39 Å². The number of aromatic nitrogens is 1. The zero-order valence-electron chi connectivity index (χ0n) is 14.4. The van der Waals surface area contributed by atoms with Gasteiger partial charge in [0.1, 0.15) is 5.76 Å². The van der Waals surface area contributed by atoms with Gasteiger partial charge in [0.25, 0.3) is 0 Å². The molecule has 0 aromatic carbocycles. The molecule has 2 atom stereocenters. The molecule has 7 nitrogen and oxygen atoms in total. The van der Waals surface area contributed by atoms with E-state index >= 15 is 0 Å². The van der Waals surface area contributed by atoms with Crippen molar-refractivity contribution in [3.8, 4) is 0 Å². The highest BCUT2D eigenvalue weighted by Crippen LogP contribution is 2.44. The van der Waals surface area contributed by atoms with Crippen LogP contribution in [0.25, 0.3) is 0 Å². The van der Waals surface area contributed by atoms with E-state index in [2.05, 4.69) is 9.88 Å². The lowest BCUT2D eigenvalue weighted by Gasteiger charge is -2.29. The number of aliphatic carboxylic acids is 1. The van der Waals surface area contributed by atoms with Crippen molar-refractivity contribution in [2.24, 2.45) is 17.3 Å². The zero-order valence-corrected chi connectivity index (χ0v) is 14.4. The predicted molar refractivity (Wildman–Crippen MR) is 88.5 cm³/mol. The van der Waals surface area contributed by atoms with Crippen molar-refractivity contribution in [3.05, 3.63) is 18.4 Å². The SMILES string of the molecule is O=C(CC1CC1)N1CCC[C@]2(C(=O)O)CN(Cc3cnco3)C[C@@H]2C1. The van der Waals surface area contributed by atoms with E-state index < -0.39 is 11.4 Å². The summed E-state index contributed by atoms with van der Waals surface area (Å²) in [7, 11) is 0. The summed E-state index contributed by atoms with van der Waals surface area (Å²) in [6.07, 6.45) is 7.42. The van der Waals surface area contributed by atoms with Crippen LogP contribution in [0.5, 0.6) is 0 Å². The number of rotatable bonds is 5. The van der Waals surface area contributed by atoms with Gasteiger partial charge in [0.2, 0.25) is 5.91 Å². The first-order valence-electron chi connectivity index (χ1n) is 9.18. The van der Waals surface area contributed by atoms with Gasteiger partial charge in [-0.05, 0) is 31.6 Å². The lowest BCUT2D eigenvalue weighted by molar-refractivity contribution is -0.151. The summed E-state index contributed by atoms with van der Waals surface area (Å²) in [5.41, 5.74) is -0.755. The molecule has 4 rings (SSSR count). The lowest BCUT2D eigenvalue weighted by atomic mass is 9.75. The van der Waals surface area contributed by atoms with E-state index in [1.807, 2.05) is 4.90 Å². The van der Waals surface area contributed by atoms with Crippen LogP contribution < -0.4 is 0 Å². The molecule has 7 heteroatoms.